The number of sulfone groups is 2. The van der Waals surface area contributed by atoms with Gasteiger partial charge in [0.25, 0.3) is 0 Å². The van der Waals surface area contributed by atoms with Crippen LogP contribution in [0.25, 0.3) is 0 Å². The molecule has 0 spiro atoms. The number of hydrogen-bond acceptors (Lipinski definition) is 12. The minimum absolute atomic E-state index is 0.0236. The first-order valence-corrected chi connectivity index (χ1v) is 25.8. The van der Waals surface area contributed by atoms with Gasteiger partial charge in [-0.3, -0.25) is 0 Å². The van der Waals surface area contributed by atoms with E-state index in [0.717, 1.165) is 24.0 Å². The first-order valence-electron chi connectivity index (χ1n) is 18.6. The largest absolute Gasteiger partial charge is 0.504 e. The SMILES string of the molecule is BrB(Br)Br.CCc1ccc(Oc2ccc(S(=O)(=O)CCC3OCCO3)cc2)c(O)c1.CCc1ccc(Oc2ccc(S(=O)(=O)CCC3OCCO3)cc2)c(OC)c1.ClCCl. The van der Waals surface area contributed by atoms with Gasteiger partial charge in [0.2, 0.25) is 0 Å². The molecule has 2 heterocycles. The summed E-state index contributed by atoms with van der Waals surface area (Å²) in [5.41, 5.74) is 2.15. The lowest BCUT2D eigenvalue weighted by Gasteiger charge is -2.12. The molecule has 0 saturated carbocycles. The first kappa shape index (κ1) is 52.3. The maximum Gasteiger partial charge on any atom is 0.369 e. The van der Waals surface area contributed by atoms with E-state index in [4.69, 9.17) is 56.4 Å². The van der Waals surface area contributed by atoms with Crippen molar-refractivity contribution >= 4 is 93.3 Å². The predicted molar refractivity (Wildman–Crippen MR) is 247 cm³/mol. The average molecular weight is 1110 g/mol. The van der Waals surface area contributed by atoms with Crippen LogP contribution >= 0.6 is 70.5 Å². The van der Waals surface area contributed by atoms with Crippen molar-refractivity contribution in [3.63, 3.8) is 0 Å². The summed E-state index contributed by atoms with van der Waals surface area (Å²) in [4.78, 5) is 0.467. The number of aryl methyl sites for hydroxylation is 2. The first-order chi connectivity index (χ1) is 28.6. The minimum atomic E-state index is -3.42. The zero-order chi connectivity index (χ0) is 44.1. The lowest BCUT2D eigenvalue weighted by molar-refractivity contribution is -0.0426. The molecule has 2 aliphatic rings. The molecule has 2 saturated heterocycles. The second kappa shape index (κ2) is 27.2. The van der Waals surface area contributed by atoms with E-state index in [1.165, 1.54) is 12.1 Å². The van der Waals surface area contributed by atoms with Crippen LogP contribution in [0.15, 0.2) is 94.7 Å². The Hall–Kier alpha value is -2.10. The molecule has 0 aromatic heterocycles. The number of ether oxygens (including phenoxy) is 7. The number of hydrogen-bond donors (Lipinski definition) is 1. The standard InChI is InChI=1S/C20H24O6S.C19H22O6S.CH2Cl2.BBr3/c1-3-15-4-9-18(19(14-15)23-2)26-16-5-7-17(8-6-16)27(21,22)13-10-20-24-11-12-25-20;1-2-14-3-8-18(17(20)13-14)25-15-4-6-16(7-5-15)26(21,22)12-9-19-23-10-11-24-19;2-1-3;2-1(3)4/h4-9,14,20H,3,10-13H2,1-2H3;3-8,13,19-20H,2,9-12H2,1H3;1H2;. The Morgan fingerprint density at radius 2 is 1.00 bits per heavy atom. The summed E-state index contributed by atoms with van der Waals surface area (Å²) in [5, 5.41) is 10.2. The molecule has 1 N–H and O–H groups in total. The number of benzene rings is 4. The average Bonchev–Trinajstić information content (AvgIpc) is 3.97. The van der Waals surface area contributed by atoms with Gasteiger partial charge >= 0.3 is 3.18 Å². The van der Waals surface area contributed by atoms with E-state index in [-0.39, 0.29) is 35.6 Å². The number of phenols is 1. The van der Waals surface area contributed by atoms with E-state index >= 15 is 0 Å². The van der Waals surface area contributed by atoms with E-state index < -0.39 is 32.3 Å². The summed E-state index contributed by atoms with van der Waals surface area (Å²) in [6.07, 6.45) is 1.47. The van der Waals surface area contributed by atoms with Gasteiger partial charge in [0.15, 0.2) is 55.3 Å². The van der Waals surface area contributed by atoms with Gasteiger partial charge in [-0.25, -0.2) is 16.8 Å². The van der Waals surface area contributed by atoms with Crippen LogP contribution in [0.5, 0.6) is 34.5 Å². The van der Waals surface area contributed by atoms with Crippen LogP contribution < -0.4 is 14.2 Å². The fourth-order valence-corrected chi connectivity index (χ4v) is 8.03. The van der Waals surface area contributed by atoms with Crippen LogP contribution in [0.3, 0.4) is 0 Å². The molecule has 12 nitrogen and oxygen atoms in total. The number of alkyl halides is 2. The van der Waals surface area contributed by atoms with Crippen LogP contribution in [-0.2, 0) is 51.5 Å². The molecule has 0 unspecified atom stereocenters. The highest BCUT2D eigenvalue weighted by Crippen LogP contribution is 2.34. The quantitative estimate of drug-likeness (QED) is 0.0891. The van der Waals surface area contributed by atoms with Gasteiger partial charge in [0.05, 0.1) is 60.2 Å². The van der Waals surface area contributed by atoms with Crippen molar-refractivity contribution in [1.29, 1.82) is 0 Å². The van der Waals surface area contributed by atoms with E-state index in [0.29, 0.717) is 68.0 Å². The highest BCUT2D eigenvalue weighted by molar-refractivity contribution is 9.69. The van der Waals surface area contributed by atoms with Crippen molar-refractivity contribution < 1.29 is 55.1 Å². The summed E-state index contributed by atoms with van der Waals surface area (Å²) in [6.45, 7) is 6.10. The zero-order valence-corrected chi connectivity index (χ0v) is 41.1. The van der Waals surface area contributed by atoms with Crippen molar-refractivity contribution in [1.82, 2.24) is 0 Å². The van der Waals surface area contributed by atoms with Crippen molar-refractivity contribution in [3.8, 4) is 34.5 Å². The second-order valence-corrected chi connectivity index (χ2v) is 24.0. The van der Waals surface area contributed by atoms with E-state index in [1.54, 1.807) is 55.6 Å². The van der Waals surface area contributed by atoms with E-state index in [1.807, 2.05) is 31.2 Å². The highest BCUT2D eigenvalue weighted by atomic mass is 79.9. The zero-order valence-electron chi connectivity index (χ0n) is 33.2. The highest BCUT2D eigenvalue weighted by Gasteiger charge is 2.23. The summed E-state index contributed by atoms with van der Waals surface area (Å²) < 4.78 is 87.9. The van der Waals surface area contributed by atoms with Crippen LogP contribution in [0.4, 0.5) is 0 Å². The van der Waals surface area contributed by atoms with Crippen LogP contribution in [-0.4, -0.2) is 88.1 Å². The maximum absolute atomic E-state index is 12.5. The van der Waals surface area contributed by atoms with Crippen molar-refractivity contribution in [2.75, 3.05) is 50.4 Å². The number of rotatable bonds is 15. The Morgan fingerprint density at radius 1 is 0.633 bits per heavy atom. The molecule has 60 heavy (non-hydrogen) atoms. The monoisotopic (exact) mass is 1100 g/mol. The molecule has 0 radical (unpaired) electrons. The minimum Gasteiger partial charge on any atom is -0.504 e. The van der Waals surface area contributed by atoms with Crippen molar-refractivity contribution in [2.45, 2.75) is 61.9 Å². The van der Waals surface area contributed by atoms with Gasteiger partial charge in [-0.2, -0.15) is 0 Å². The molecular weight excluding hydrogens is 1060 g/mol. The summed E-state index contributed by atoms with van der Waals surface area (Å²) in [6, 6.07) is 23.5. The molecule has 0 amide bonds. The van der Waals surface area contributed by atoms with Gasteiger partial charge in [-0.05, 0) is 96.8 Å². The summed E-state index contributed by atoms with van der Waals surface area (Å²) >= 11 is 18.8. The Bertz CT molecular complexity index is 2090. The van der Waals surface area contributed by atoms with Crippen molar-refractivity contribution in [2.24, 2.45) is 0 Å². The number of aromatic hydroxyl groups is 1. The Labute approximate surface area is 388 Å². The smallest absolute Gasteiger partial charge is 0.369 e. The van der Waals surface area contributed by atoms with E-state index in [9.17, 15) is 21.9 Å². The fraction of sp³-hybridized carbons (Fsp3) is 0.400. The molecule has 4 aromatic carbocycles. The molecule has 0 bridgehead atoms. The fourth-order valence-electron chi connectivity index (χ4n) is 5.46. The van der Waals surface area contributed by atoms with Crippen molar-refractivity contribution in [3.05, 3.63) is 96.1 Å². The van der Waals surface area contributed by atoms with Gasteiger partial charge in [0, 0.05) is 12.8 Å². The van der Waals surface area contributed by atoms with E-state index in [2.05, 4.69) is 54.2 Å². The molecule has 2 aliphatic heterocycles. The molecule has 20 heteroatoms. The van der Waals surface area contributed by atoms with Crippen LogP contribution in [0.1, 0.15) is 37.8 Å². The molecule has 0 aliphatic carbocycles. The number of phenolic OH excluding ortho intramolecular Hbond substituents is 1. The molecule has 2 fully saturated rings. The Morgan fingerprint density at radius 3 is 1.37 bits per heavy atom. The normalized spacial score (nSPS) is 14.1. The molecule has 330 valence electrons. The topological polar surface area (TPSA) is 153 Å². The van der Waals surface area contributed by atoms with Crippen LogP contribution in [0, 0.1) is 0 Å². The van der Waals surface area contributed by atoms with Gasteiger partial charge in [-0.15, -0.1) is 70.5 Å². The summed E-state index contributed by atoms with van der Waals surface area (Å²) in [7, 11) is -5.23. The second-order valence-electron chi connectivity index (χ2n) is 12.5. The third kappa shape index (κ3) is 18.3. The Kier molecular flexibility index (Phi) is 23.7. The van der Waals surface area contributed by atoms with Gasteiger partial charge in [-0.1, -0.05) is 26.0 Å². The summed E-state index contributed by atoms with van der Waals surface area (Å²) in [5.74, 6) is 2.53. The third-order valence-electron chi connectivity index (χ3n) is 8.52. The predicted octanol–water partition coefficient (Wildman–Crippen LogP) is 10.4. The Balaban J connectivity index is 0.000000278. The molecule has 0 atom stereocenters. The number of methoxy groups -OCH3 is 1. The number of halogens is 5. The molecular formula is C40H48BBr3Cl2O12S2. The third-order valence-corrected chi connectivity index (χ3v) is 12.0. The molecule has 6 rings (SSSR count). The van der Waals surface area contributed by atoms with Gasteiger partial charge in [0.1, 0.15) is 11.5 Å². The lowest BCUT2D eigenvalue weighted by atomic mass is 10.1. The molecule has 4 aromatic rings. The lowest BCUT2D eigenvalue weighted by Crippen LogP contribution is -2.15. The van der Waals surface area contributed by atoms with Gasteiger partial charge < -0.3 is 38.3 Å². The van der Waals surface area contributed by atoms with Crippen LogP contribution in [0.2, 0.25) is 0 Å². The maximum atomic E-state index is 12.5.